The van der Waals surface area contributed by atoms with Crippen LogP contribution in [0.5, 0.6) is 11.5 Å². The van der Waals surface area contributed by atoms with Crippen molar-refractivity contribution < 1.29 is 32.6 Å². The number of amides is 2. The maximum atomic E-state index is 13.5. The molecule has 37 heavy (non-hydrogen) atoms. The van der Waals surface area contributed by atoms with Gasteiger partial charge in [-0.15, -0.1) is 0 Å². The summed E-state index contributed by atoms with van der Waals surface area (Å²) in [4.78, 5) is 40.2. The van der Waals surface area contributed by atoms with Crippen LogP contribution in [0, 0.1) is 0 Å². The minimum absolute atomic E-state index is 0.00449. The molecule has 10 nitrogen and oxygen atoms in total. The highest BCUT2D eigenvalue weighted by Gasteiger charge is 2.51. The molecule has 4 rings (SSSR count). The lowest BCUT2D eigenvalue weighted by atomic mass is 10.1. The van der Waals surface area contributed by atoms with Gasteiger partial charge in [0.2, 0.25) is 5.91 Å². The molecule has 0 saturated heterocycles. The number of H-pyrrole nitrogens is 1. The van der Waals surface area contributed by atoms with Gasteiger partial charge in [0.15, 0.2) is 0 Å². The molecule has 1 fully saturated rings. The fraction of sp³-hybridized carbons (Fsp3) is 0.292. The van der Waals surface area contributed by atoms with E-state index in [1.54, 1.807) is 0 Å². The van der Waals surface area contributed by atoms with Crippen molar-refractivity contribution in [3.63, 3.8) is 0 Å². The van der Waals surface area contributed by atoms with Crippen molar-refractivity contribution in [2.24, 2.45) is 0 Å². The van der Waals surface area contributed by atoms with Crippen LogP contribution in [0.2, 0.25) is 0 Å². The van der Waals surface area contributed by atoms with Gasteiger partial charge in [0.25, 0.3) is 11.5 Å². The van der Waals surface area contributed by atoms with Crippen LogP contribution in [-0.2, 0) is 17.5 Å². The number of ether oxygens (including phenoxy) is 1. The quantitative estimate of drug-likeness (QED) is 0.359. The molecular weight excluding hydrogens is 495 g/mol. The van der Waals surface area contributed by atoms with E-state index in [4.69, 9.17) is 4.74 Å². The summed E-state index contributed by atoms with van der Waals surface area (Å²) >= 11 is 0. The molecule has 2 aromatic heterocycles. The summed E-state index contributed by atoms with van der Waals surface area (Å²) in [6.07, 6.45) is -3.71. The normalized spacial score (nSPS) is 14.9. The van der Waals surface area contributed by atoms with E-state index in [1.165, 1.54) is 37.4 Å². The number of hydrogen-bond acceptors (Lipinski definition) is 7. The van der Waals surface area contributed by atoms with Gasteiger partial charge in [-0.05, 0) is 55.7 Å². The first-order valence-corrected chi connectivity index (χ1v) is 11.2. The van der Waals surface area contributed by atoms with Crippen LogP contribution in [0.4, 0.5) is 13.2 Å². The van der Waals surface area contributed by atoms with Gasteiger partial charge in [0, 0.05) is 6.07 Å². The van der Waals surface area contributed by atoms with Gasteiger partial charge < -0.3 is 20.5 Å². The second-order valence-corrected chi connectivity index (χ2v) is 8.54. The zero-order valence-electron chi connectivity index (χ0n) is 19.4. The predicted octanol–water partition coefficient (Wildman–Crippen LogP) is 2.61. The average Bonchev–Trinajstić information content (AvgIpc) is 3.64. The molecule has 4 N–H and O–H groups in total. The fourth-order valence-corrected chi connectivity index (χ4v) is 3.45. The molecule has 13 heteroatoms. The Morgan fingerprint density at radius 2 is 1.95 bits per heavy atom. The topological polar surface area (TPSA) is 146 Å². The summed E-state index contributed by atoms with van der Waals surface area (Å²) in [5.74, 6) is -1.43. The molecule has 1 atom stereocenters. The van der Waals surface area contributed by atoms with Crippen molar-refractivity contribution >= 4 is 11.8 Å². The number of halogens is 3. The maximum Gasteiger partial charge on any atom is 0.419 e. The first kappa shape index (κ1) is 25.8. The summed E-state index contributed by atoms with van der Waals surface area (Å²) in [6.45, 7) is 1.37. The summed E-state index contributed by atoms with van der Waals surface area (Å²) in [5.41, 5.74) is -2.12. The number of carbonyl (C=O) groups excluding carboxylic acids is 2. The van der Waals surface area contributed by atoms with Crippen molar-refractivity contribution in [3.8, 4) is 11.5 Å². The van der Waals surface area contributed by atoms with Crippen LogP contribution in [0.15, 0.2) is 53.5 Å². The van der Waals surface area contributed by atoms with Gasteiger partial charge >= 0.3 is 6.18 Å². The molecule has 2 amide bonds. The first-order chi connectivity index (χ1) is 17.5. The number of nitrogens with zero attached hydrogens (tertiary/aromatic N) is 2. The zero-order valence-corrected chi connectivity index (χ0v) is 19.4. The highest BCUT2D eigenvalue weighted by atomic mass is 19.4. The number of hydrogen-bond donors (Lipinski definition) is 4. The molecular formula is C24H22F3N5O5. The number of pyridine rings is 1. The van der Waals surface area contributed by atoms with Gasteiger partial charge in [0.1, 0.15) is 22.7 Å². The molecule has 1 aromatic carbocycles. The monoisotopic (exact) mass is 517 g/mol. The fourth-order valence-electron chi connectivity index (χ4n) is 3.45. The van der Waals surface area contributed by atoms with Crippen LogP contribution in [0.1, 0.15) is 53.2 Å². The lowest BCUT2D eigenvalue weighted by Crippen LogP contribution is -2.49. The Kier molecular flexibility index (Phi) is 6.99. The van der Waals surface area contributed by atoms with Crippen molar-refractivity contribution in [2.45, 2.75) is 44.1 Å². The third-order valence-corrected chi connectivity index (χ3v) is 5.70. The number of alkyl halides is 3. The third-order valence-electron chi connectivity index (χ3n) is 5.70. The van der Waals surface area contributed by atoms with Gasteiger partial charge in [0.05, 0.1) is 30.1 Å². The van der Waals surface area contributed by atoms with Crippen molar-refractivity contribution in [1.29, 1.82) is 0 Å². The second-order valence-electron chi connectivity index (χ2n) is 8.54. The number of nitrogens with one attached hydrogen (secondary N) is 3. The summed E-state index contributed by atoms with van der Waals surface area (Å²) in [6, 6.07) is 8.58. The summed E-state index contributed by atoms with van der Waals surface area (Å²) < 4.78 is 45.8. The standard InChI is InChI=1S/C24H22F3N5O5/c1-13(33)14-2-6-19(17(10-14)24(25,26)27)37-16-4-3-15(28-12-16)11-29-22(36)23(8-9-23)30-21(35)18-5-7-20(34)32-31-18/h2-7,10,12-13,33H,8-9,11H2,1H3,(H,29,36)(H,30,35)(H,32,34). The van der Waals surface area contributed by atoms with E-state index in [0.29, 0.717) is 18.5 Å². The van der Waals surface area contributed by atoms with Gasteiger partial charge in [-0.2, -0.15) is 18.3 Å². The van der Waals surface area contributed by atoms with Gasteiger partial charge in [-0.25, -0.2) is 5.10 Å². The summed E-state index contributed by atoms with van der Waals surface area (Å²) in [7, 11) is 0. The molecule has 1 aliphatic rings. The van der Waals surface area contributed by atoms with Crippen molar-refractivity contribution in [2.75, 3.05) is 0 Å². The zero-order chi connectivity index (χ0) is 26.8. The Balaban J connectivity index is 1.36. The highest BCUT2D eigenvalue weighted by Crippen LogP contribution is 2.39. The average molecular weight is 517 g/mol. The Hall–Kier alpha value is -4.26. The molecule has 0 aliphatic heterocycles. The number of aromatic amines is 1. The molecule has 0 bridgehead atoms. The van der Waals surface area contributed by atoms with Crippen LogP contribution in [0.3, 0.4) is 0 Å². The lowest BCUT2D eigenvalue weighted by molar-refractivity contribution is -0.138. The van der Waals surface area contributed by atoms with E-state index in [9.17, 15) is 32.7 Å². The van der Waals surface area contributed by atoms with E-state index < -0.39 is 46.5 Å². The molecule has 1 aliphatic carbocycles. The molecule has 1 saturated carbocycles. The highest BCUT2D eigenvalue weighted by molar-refractivity contribution is 5.99. The Bertz CT molecular complexity index is 1350. The van der Waals surface area contributed by atoms with E-state index >= 15 is 0 Å². The Labute approximate surface area is 207 Å². The van der Waals surface area contributed by atoms with Gasteiger partial charge in [-0.1, -0.05) is 6.07 Å². The largest absolute Gasteiger partial charge is 0.455 e. The summed E-state index contributed by atoms with van der Waals surface area (Å²) in [5, 5.41) is 20.7. The SMILES string of the molecule is CC(O)c1ccc(Oc2ccc(CNC(=O)C3(NC(=O)c4ccc(=O)[nH]n4)CC3)nc2)c(C(F)(F)F)c1. The third kappa shape index (κ3) is 6.12. The minimum atomic E-state index is -4.69. The van der Waals surface area contributed by atoms with Crippen LogP contribution >= 0.6 is 0 Å². The number of aliphatic hydroxyl groups excluding tert-OH is 1. The van der Waals surface area contributed by atoms with E-state index in [2.05, 4.69) is 25.8 Å². The van der Waals surface area contributed by atoms with Crippen molar-refractivity contribution in [1.82, 2.24) is 25.8 Å². The first-order valence-electron chi connectivity index (χ1n) is 11.2. The number of rotatable bonds is 8. The van der Waals surface area contributed by atoms with E-state index in [-0.39, 0.29) is 23.6 Å². The number of carbonyl (C=O) groups is 2. The smallest absolute Gasteiger partial charge is 0.419 e. The number of benzene rings is 1. The minimum Gasteiger partial charge on any atom is -0.455 e. The van der Waals surface area contributed by atoms with E-state index in [0.717, 1.165) is 18.2 Å². The van der Waals surface area contributed by atoms with Crippen LogP contribution < -0.4 is 20.9 Å². The Morgan fingerprint density at radius 1 is 1.19 bits per heavy atom. The lowest BCUT2D eigenvalue weighted by Gasteiger charge is -2.17. The molecule has 2 heterocycles. The maximum absolute atomic E-state index is 13.5. The molecule has 3 aromatic rings. The Morgan fingerprint density at radius 3 is 2.51 bits per heavy atom. The van der Waals surface area contributed by atoms with Crippen LogP contribution in [-0.4, -0.2) is 37.6 Å². The predicted molar refractivity (Wildman–Crippen MR) is 123 cm³/mol. The molecule has 0 radical (unpaired) electrons. The molecule has 1 unspecified atom stereocenters. The van der Waals surface area contributed by atoms with Crippen molar-refractivity contribution in [3.05, 3.63) is 81.5 Å². The van der Waals surface area contributed by atoms with Gasteiger partial charge in [-0.3, -0.25) is 19.4 Å². The number of aromatic nitrogens is 3. The van der Waals surface area contributed by atoms with Crippen LogP contribution in [0.25, 0.3) is 0 Å². The van der Waals surface area contributed by atoms with E-state index in [1.807, 2.05) is 0 Å². The molecule has 0 spiro atoms. The second kappa shape index (κ2) is 10.0. The number of aliphatic hydroxyl groups is 1. The molecule has 194 valence electrons.